The van der Waals surface area contributed by atoms with Crippen molar-refractivity contribution in [2.75, 3.05) is 5.32 Å². The molecule has 1 aromatic rings. The second-order valence-corrected chi connectivity index (χ2v) is 6.52. The van der Waals surface area contributed by atoms with Gasteiger partial charge in [0.2, 0.25) is 5.91 Å². The van der Waals surface area contributed by atoms with E-state index < -0.39 is 0 Å². The number of para-hydroxylation sites is 1. The molecule has 1 amide bonds. The van der Waals surface area contributed by atoms with E-state index >= 15 is 0 Å². The molecule has 0 aliphatic carbocycles. The molecular weight excluding hydrogens is 262 g/mol. The van der Waals surface area contributed by atoms with E-state index in [2.05, 4.69) is 19.2 Å². The van der Waals surface area contributed by atoms with E-state index in [4.69, 9.17) is 0 Å². The van der Waals surface area contributed by atoms with Crippen LogP contribution in [-0.2, 0) is 9.59 Å². The van der Waals surface area contributed by atoms with Crippen LogP contribution in [0.15, 0.2) is 30.3 Å². The number of rotatable bonds is 8. The number of hydrogen-bond donors (Lipinski definition) is 1. The lowest BCUT2D eigenvalue weighted by Crippen LogP contribution is -2.26. The van der Waals surface area contributed by atoms with Crippen LogP contribution < -0.4 is 5.32 Å². The molecule has 0 heterocycles. The molecule has 0 aliphatic rings. The molecule has 0 unspecified atom stereocenters. The first kappa shape index (κ1) is 17.4. The minimum absolute atomic E-state index is 0.0491. The van der Waals surface area contributed by atoms with Gasteiger partial charge in [-0.2, -0.15) is 0 Å². The first-order valence-corrected chi connectivity index (χ1v) is 7.76. The zero-order chi connectivity index (χ0) is 15.8. The summed E-state index contributed by atoms with van der Waals surface area (Å²) in [6.45, 7) is 8.21. The van der Waals surface area contributed by atoms with Crippen molar-refractivity contribution in [1.82, 2.24) is 0 Å². The van der Waals surface area contributed by atoms with Crippen LogP contribution in [0.1, 0.15) is 47.0 Å². The number of carbonyl (C=O) groups excluding carboxylic acids is 2. The van der Waals surface area contributed by atoms with E-state index in [0.29, 0.717) is 24.7 Å². The molecule has 1 N–H and O–H groups in total. The number of nitrogens with one attached hydrogen (secondary N) is 1. The zero-order valence-electron chi connectivity index (χ0n) is 13.6. The Morgan fingerprint density at radius 3 is 2.10 bits per heavy atom. The highest BCUT2D eigenvalue weighted by atomic mass is 16.2. The van der Waals surface area contributed by atoms with Crippen molar-refractivity contribution in [2.24, 2.45) is 17.8 Å². The molecule has 1 rings (SSSR count). The van der Waals surface area contributed by atoms with Crippen molar-refractivity contribution in [1.29, 1.82) is 0 Å². The molecule has 0 fully saturated rings. The van der Waals surface area contributed by atoms with Gasteiger partial charge in [0.25, 0.3) is 0 Å². The van der Waals surface area contributed by atoms with Crippen molar-refractivity contribution in [2.45, 2.75) is 47.0 Å². The van der Waals surface area contributed by atoms with Crippen LogP contribution in [0.5, 0.6) is 0 Å². The summed E-state index contributed by atoms with van der Waals surface area (Å²) in [7, 11) is 0. The highest BCUT2D eigenvalue weighted by Gasteiger charge is 2.23. The third-order valence-corrected chi connectivity index (χ3v) is 3.28. The third kappa shape index (κ3) is 7.07. The van der Waals surface area contributed by atoms with E-state index in [1.165, 1.54) is 0 Å². The summed E-state index contributed by atoms with van der Waals surface area (Å²) in [5, 5.41) is 2.91. The van der Waals surface area contributed by atoms with Crippen molar-refractivity contribution in [3.63, 3.8) is 0 Å². The molecule has 21 heavy (non-hydrogen) atoms. The summed E-state index contributed by atoms with van der Waals surface area (Å²) in [6.07, 6.45) is 1.63. The molecule has 0 aromatic heterocycles. The first-order chi connectivity index (χ1) is 9.88. The van der Waals surface area contributed by atoms with Crippen molar-refractivity contribution in [3.8, 4) is 0 Å². The second kappa shape index (κ2) is 8.60. The Morgan fingerprint density at radius 2 is 1.57 bits per heavy atom. The lowest BCUT2D eigenvalue weighted by Gasteiger charge is -2.18. The molecule has 0 spiro atoms. The number of Topliss-reactive ketones (excluding diaryl/α,β-unsaturated/α-hetero) is 1. The molecule has 0 bridgehead atoms. The molecule has 1 atom stereocenters. The lowest BCUT2D eigenvalue weighted by molar-refractivity contribution is -0.127. The monoisotopic (exact) mass is 289 g/mol. The Labute approximate surface area is 128 Å². The maximum absolute atomic E-state index is 12.4. The molecule has 3 nitrogen and oxygen atoms in total. The minimum atomic E-state index is -0.239. The topological polar surface area (TPSA) is 46.2 Å². The predicted octanol–water partition coefficient (Wildman–Crippen LogP) is 4.29. The highest BCUT2D eigenvalue weighted by Crippen LogP contribution is 2.20. The quantitative estimate of drug-likeness (QED) is 0.776. The smallest absolute Gasteiger partial charge is 0.227 e. The fourth-order valence-electron chi connectivity index (χ4n) is 2.43. The third-order valence-electron chi connectivity index (χ3n) is 3.28. The average molecular weight is 289 g/mol. The van der Waals surface area contributed by atoms with E-state index in [1.807, 2.05) is 44.2 Å². The molecule has 0 saturated heterocycles. The Morgan fingerprint density at radius 1 is 0.952 bits per heavy atom. The van der Waals surface area contributed by atoms with Gasteiger partial charge in [-0.05, 0) is 30.4 Å². The van der Waals surface area contributed by atoms with E-state index in [-0.39, 0.29) is 17.6 Å². The van der Waals surface area contributed by atoms with Gasteiger partial charge < -0.3 is 5.32 Å². The van der Waals surface area contributed by atoms with Crippen molar-refractivity contribution >= 4 is 17.4 Å². The number of carbonyl (C=O) groups is 2. The number of benzene rings is 1. The molecular formula is C18H27NO2. The van der Waals surface area contributed by atoms with Gasteiger partial charge in [-0.25, -0.2) is 0 Å². The normalized spacial score (nSPS) is 12.5. The lowest BCUT2D eigenvalue weighted by atomic mass is 9.89. The second-order valence-electron chi connectivity index (χ2n) is 6.52. The van der Waals surface area contributed by atoms with Crippen molar-refractivity contribution in [3.05, 3.63) is 30.3 Å². The fraction of sp³-hybridized carbons (Fsp3) is 0.556. The summed E-state index contributed by atoms with van der Waals surface area (Å²) < 4.78 is 0. The van der Waals surface area contributed by atoms with Crippen LogP contribution in [0.2, 0.25) is 0 Å². The van der Waals surface area contributed by atoms with Gasteiger partial charge in [0.1, 0.15) is 5.78 Å². The molecule has 0 aliphatic heterocycles. The summed E-state index contributed by atoms with van der Waals surface area (Å²) >= 11 is 0. The molecule has 116 valence electrons. The summed E-state index contributed by atoms with van der Waals surface area (Å²) in [5.74, 6) is 0.625. The van der Waals surface area contributed by atoms with Crippen molar-refractivity contribution < 1.29 is 9.59 Å². The first-order valence-electron chi connectivity index (χ1n) is 7.76. The highest BCUT2D eigenvalue weighted by molar-refractivity contribution is 5.95. The van der Waals surface area contributed by atoms with Gasteiger partial charge >= 0.3 is 0 Å². The van der Waals surface area contributed by atoms with Crippen LogP contribution in [0.25, 0.3) is 0 Å². The SMILES string of the molecule is CC(C)CC(=O)C[C@@H](CC(C)C)C(=O)Nc1ccccc1. The van der Waals surface area contributed by atoms with Crippen LogP contribution in [0, 0.1) is 17.8 Å². The fourth-order valence-corrected chi connectivity index (χ4v) is 2.43. The van der Waals surface area contributed by atoms with Crippen LogP contribution in [-0.4, -0.2) is 11.7 Å². The maximum Gasteiger partial charge on any atom is 0.227 e. The minimum Gasteiger partial charge on any atom is -0.326 e. The predicted molar refractivity (Wildman–Crippen MR) is 87.1 cm³/mol. The Kier molecular flexibility index (Phi) is 7.13. The Hall–Kier alpha value is -1.64. The average Bonchev–Trinajstić information content (AvgIpc) is 2.37. The number of amides is 1. The number of hydrogen-bond acceptors (Lipinski definition) is 2. The van der Waals surface area contributed by atoms with Gasteiger partial charge in [-0.15, -0.1) is 0 Å². The van der Waals surface area contributed by atoms with E-state index in [9.17, 15) is 9.59 Å². The van der Waals surface area contributed by atoms with Crippen LogP contribution in [0.3, 0.4) is 0 Å². The van der Waals surface area contributed by atoms with Crippen LogP contribution >= 0.6 is 0 Å². The zero-order valence-corrected chi connectivity index (χ0v) is 13.6. The summed E-state index contributed by atoms with van der Waals surface area (Å²) in [6, 6.07) is 9.40. The van der Waals surface area contributed by atoms with E-state index in [0.717, 1.165) is 12.1 Å². The summed E-state index contributed by atoms with van der Waals surface area (Å²) in [5.41, 5.74) is 0.785. The largest absolute Gasteiger partial charge is 0.326 e. The van der Waals surface area contributed by atoms with Gasteiger partial charge in [0.15, 0.2) is 0 Å². The number of ketones is 1. The molecule has 0 saturated carbocycles. The number of anilines is 1. The summed E-state index contributed by atoms with van der Waals surface area (Å²) in [4.78, 5) is 24.4. The molecule has 1 aromatic carbocycles. The Balaban J connectivity index is 2.67. The standard InChI is InChI=1S/C18H27NO2/c1-13(2)10-15(12-17(20)11-14(3)4)18(21)19-16-8-6-5-7-9-16/h5-9,13-15H,10-12H2,1-4H3,(H,19,21)/t15-/m1/s1. The van der Waals surface area contributed by atoms with Crippen LogP contribution in [0.4, 0.5) is 5.69 Å². The molecule has 0 radical (unpaired) electrons. The van der Waals surface area contributed by atoms with Gasteiger partial charge in [-0.1, -0.05) is 45.9 Å². The Bertz CT molecular complexity index is 452. The van der Waals surface area contributed by atoms with Gasteiger partial charge in [0.05, 0.1) is 0 Å². The van der Waals surface area contributed by atoms with Gasteiger partial charge in [-0.3, -0.25) is 9.59 Å². The van der Waals surface area contributed by atoms with Gasteiger partial charge in [0, 0.05) is 24.4 Å². The maximum atomic E-state index is 12.4. The molecule has 3 heteroatoms. The van der Waals surface area contributed by atoms with E-state index in [1.54, 1.807) is 0 Å².